The summed E-state index contributed by atoms with van der Waals surface area (Å²) in [5.74, 6) is 0.166. The highest BCUT2D eigenvalue weighted by Gasteiger charge is 2.22. The third-order valence-corrected chi connectivity index (χ3v) is 4.64. The molecule has 10 heteroatoms. The number of hydrogen-bond donors (Lipinski definition) is 0. The minimum absolute atomic E-state index is 0.0474. The maximum absolute atomic E-state index is 13.9. The molecule has 0 bridgehead atoms. The Morgan fingerprint density at radius 3 is 2.53 bits per heavy atom. The van der Waals surface area contributed by atoms with Crippen LogP contribution in [0.1, 0.15) is 11.3 Å². The van der Waals surface area contributed by atoms with Crippen molar-refractivity contribution < 1.29 is 8.78 Å². The molecule has 0 N–H and O–H groups in total. The van der Waals surface area contributed by atoms with E-state index in [2.05, 4.69) is 21.2 Å². The van der Waals surface area contributed by atoms with Gasteiger partial charge in [0.2, 0.25) is 0 Å². The number of pyridine rings is 1. The van der Waals surface area contributed by atoms with E-state index in [1.54, 1.807) is 19.2 Å². The van der Waals surface area contributed by atoms with Crippen molar-refractivity contribution in [1.29, 1.82) is 0 Å². The van der Waals surface area contributed by atoms with Crippen LogP contribution in [-0.2, 0) is 6.54 Å². The number of halogens is 2. The van der Waals surface area contributed by atoms with Crippen molar-refractivity contribution in [2.24, 2.45) is 0 Å². The molecule has 3 aromatic heterocycles. The predicted octanol–water partition coefficient (Wildman–Crippen LogP) is 1.66. The number of fused-ring (bicyclic) bond motifs is 1. The number of nitrogens with zero attached hydrogens (tertiary/aromatic N) is 6. The van der Waals surface area contributed by atoms with Crippen LogP contribution in [-0.4, -0.2) is 29.1 Å². The smallest absolute Gasteiger partial charge is 0.284 e. The van der Waals surface area contributed by atoms with Crippen LogP contribution >= 0.6 is 0 Å². The van der Waals surface area contributed by atoms with Gasteiger partial charge < -0.3 is 0 Å². The molecule has 4 rings (SSSR count). The second-order valence-corrected chi connectivity index (χ2v) is 6.62. The number of aromatic nitrogens is 6. The fourth-order valence-corrected chi connectivity index (χ4v) is 3.23. The molecule has 30 heavy (non-hydrogen) atoms. The Bertz CT molecular complexity index is 1480. The summed E-state index contributed by atoms with van der Waals surface area (Å²) in [7, 11) is 0. The van der Waals surface area contributed by atoms with E-state index in [-0.39, 0.29) is 34.6 Å². The first-order chi connectivity index (χ1) is 14.3. The van der Waals surface area contributed by atoms with E-state index in [1.165, 1.54) is 17.7 Å². The summed E-state index contributed by atoms with van der Waals surface area (Å²) in [6.07, 6.45) is 8.35. The van der Waals surface area contributed by atoms with Crippen LogP contribution in [0.15, 0.2) is 40.2 Å². The maximum Gasteiger partial charge on any atom is 0.336 e. The van der Waals surface area contributed by atoms with Crippen LogP contribution in [0.2, 0.25) is 0 Å². The van der Waals surface area contributed by atoms with Gasteiger partial charge in [-0.15, -0.1) is 11.5 Å². The minimum Gasteiger partial charge on any atom is -0.284 e. The third kappa shape index (κ3) is 2.88. The normalized spacial score (nSPS) is 11.0. The molecule has 0 saturated carbocycles. The summed E-state index contributed by atoms with van der Waals surface area (Å²) in [5, 5.41) is 7.70. The summed E-state index contributed by atoms with van der Waals surface area (Å²) in [6, 6.07) is 3.38. The van der Waals surface area contributed by atoms with Crippen molar-refractivity contribution in [2.45, 2.75) is 20.4 Å². The SMILES string of the molecule is C#CCn1c(C)c(-n2nnc3cc(F)c(F)cc32)c(=O)n(-c2cncc(C)c2)c1=O. The van der Waals surface area contributed by atoms with E-state index in [1.807, 2.05) is 0 Å². The summed E-state index contributed by atoms with van der Waals surface area (Å²) >= 11 is 0. The van der Waals surface area contributed by atoms with Crippen LogP contribution in [0.25, 0.3) is 22.4 Å². The van der Waals surface area contributed by atoms with Gasteiger partial charge in [0.25, 0.3) is 5.56 Å². The Kier molecular flexibility index (Phi) is 4.50. The van der Waals surface area contributed by atoms with Gasteiger partial charge in [-0.2, -0.15) is 0 Å². The fraction of sp³-hybridized carbons (Fsp3) is 0.150. The van der Waals surface area contributed by atoms with Gasteiger partial charge in [-0.05, 0) is 25.5 Å². The summed E-state index contributed by atoms with van der Waals surface area (Å²) < 4.78 is 30.6. The average Bonchev–Trinajstić information content (AvgIpc) is 3.08. The van der Waals surface area contributed by atoms with E-state index in [9.17, 15) is 18.4 Å². The lowest BCUT2D eigenvalue weighted by molar-refractivity contribution is 0.510. The molecule has 0 saturated heterocycles. The zero-order valence-corrected chi connectivity index (χ0v) is 15.9. The van der Waals surface area contributed by atoms with E-state index >= 15 is 0 Å². The lowest BCUT2D eigenvalue weighted by atomic mass is 10.2. The Hall–Kier alpha value is -4.13. The first-order valence-electron chi connectivity index (χ1n) is 8.76. The Labute approximate surface area is 168 Å². The van der Waals surface area contributed by atoms with Gasteiger partial charge in [-0.3, -0.25) is 14.3 Å². The Morgan fingerprint density at radius 2 is 1.83 bits per heavy atom. The van der Waals surface area contributed by atoms with Gasteiger partial charge in [-0.1, -0.05) is 11.1 Å². The number of benzene rings is 1. The Balaban J connectivity index is 2.14. The largest absolute Gasteiger partial charge is 0.336 e. The molecule has 150 valence electrons. The standard InChI is InChI=1S/C20H14F2N6O2/c1-4-5-26-12(3)18(28-17-8-15(22)14(21)7-16(17)24-25-28)19(29)27(20(26)30)13-6-11(2)9-23-10-13/h1,6-10H,5H2,2-3H3. The molecule has 3 heterocycles. The third-order valence-electron chi connectivity index (χ3n) is 4.64. The lowest BCUT2D eigenvalue weighted by Gasteiger charge is -2.16. The highest BCUT2D eigenvalue weighted by molar-refractivity contribution is 5.76. The van der Waals surface area contributed by atoms with Crippen LogP contribution in [0.3, 0.4) is 0 Å². The van der Waals surface area contributed by atoms with E-state index in [0.29, 0.717) is 0 Å². The molecule has 1 aromatic carbocycles. The molecule has 0 aliphatic heterocycles. The van der Waals surface area contributed by atoms with E-state index in [4.69, 9.17) is 6.42 Å². The monoisotopic (exact) mass is 408 g/mol. The van der Waals surface area contributed by atoms with Crippen molar-refractivity contribution in [2.75, 3.05) is 0 Å². The van der Waals surface area contributed by atoms with E-state index in [0.717, 1.165) is 26.9 Å². The summed E-state index contributed by atoms with van der Waals surface area (Å²) in [5.41, 5.74) is -0.175. The molecular formula is C20H14F2N6O2. The fourth-order valence-electron chi connectivity index (χ4n) is 3.23. The van der Waals surface area contributed by atoms with Gasteiger partial charge >= 0.3 is 5.69 Å². The maximum atomic E-state index is 13.9. The summed E-state index contributed by atoms with van der Waals surface area (Å²) in [4.78, 5) is 30.5. The van der Waals surface area contributed by atoms with Crippen molar-refractivity contribution >= 4 is 11.0 Å². The van der Waals surface area contributed by atoms with Crippen LogP contribution in [0, 0.1) is 37.8 Å². The number of rotatable bonds is 3. The highest BCUT2D eigenvalue weighted by atomic mass is 19.2. The van der Waals surface area contributed by atoms with Gasteiger partial charge in [0.1, 0.15) is 5.52 Å². The molecular weight excluding hydrogens is 394 g/mol. The second kappa shape index (κ2) is 7.04. The zero-order chi connectivity index (χ0) is 21.6. The molecule has 0 aliphatic carbocycles. The van der Waals surface area contributed by atoms with Crippen LogP contribution in [0.4, 0.5) is 8.78 Å². The minimum atomic E-state index is -1.12. The molecule has 0 amide bonds. The average molecular weight is 408 g/mol. The molecule has 0 unspecified atom stereocenters. The Morgan fingerprint density at radius 1 is 1.10 bits per heavy atom. The first-order valence-corrected chi connectivity index (χ1v) is 8.76. The van der Waals surface area contributed by atoms with Gasteiger partial charge in [0.15, 0.2) is 17.3 Å². The van der Waals surface area contributed by atoms with Crippen molar-refractivity contribution in [3.63, 3.8) is 0 Å². The molecule has 8 nitrogen and oxygen atoms in total. The topological polar surface area (TPSA) is 87.6 Å². The number of aryl methyl sites for hydroxylation is 1. The molecule has 0 spiro atoms. The van der Waals surface area contributed by atoms with E-state index < -0.39 is 22.9 Å². The van der Waals surface area contributed by atoms with Gasteiger partial charge in [0.05, 0.1) is 29.6 Å². The molecule has 4 aromatic rings. The van der Waals surface area contributed by atoms with Crippen LogP contribution < -0.4 is 11.2 Å². The quantitative estimate of drug-likeness (QED) is 0.481. The first kappa shape index (κ1) is 19.2. The zero-order valence-electron chi connectivity index (χ0n) is 15.9. The molecule has 0 aliphatic rings. The van der Waals surface area contributed by atoms with Crippen molar-refractivity contribution in [1.82, 2.24) is 29.1 Å². The number of terminal acetylenes is 1. The van der Waals surface area contributed by atoms with Gasteiger partial charge in [0, 0.05) is 18.3 Å². The van der Waals surface area contributed by atoms with Gasteiger partial charge in [-0.25, -0.2) is 22.8 Å². The highest BCUT2D eigenvalue weighted by Crippen LogP contribution is 2.20. The van der Waals surface area contributed by atoms with Crippen molar-refractivity contribution in [3.05, 3.63) is 74.3 Å². The lowest BCUT2D eigenvalue weighted by Crippen LogP contribution is -2.42. The summed E-state index contributed by atoms with van der Waals surface area (Å²) in [6.45, 7) is 3.16. The molecule has 0 atom stereocenters. The molecule has 0 fully saturated rings. The second-order valence-electron chi connectivity index (χ2n) is 6.62. The predicted molar refractivity (Wildman–Crippen MR) is 105 cm³/mol. The van der Waals surface area contributed by atoms with Crippen molar-refractivity contribution in [3.8, 4) is 23.7 Å². The number of hydrogen-bond acceptors (Lipinski definition) is 5. The molecule has 0 radical (unpaired) electrons. The van der Waals surface area contributed by atoms with Crippen LogP contribution in [0.5, 0.6) is 0 Å².